The molecule has 1 aromatic heterocycles. The number of hydrogen-bond acceptors (Lipinski definition) is 5. The summed E-state index contributed by atoms with van der Waals surface area (Å²) in [7, 11) is 0. The van der Waals surface area contributed by atoms with Crippen molar-refractivity contribution in [1.82, 2.24) is 9.97 Å². The van der Waals surface area contributed by atoms with Crippen molar-refractivity contribution in [3.05, 3.63) is 17.5 Å². The maximum Gasteiger partial charge on any atom is 0.226 e. The second-order valence-electron chi connectivity index (χ2n) is 6.64. The van der Waals surface area contributed by atoms with Crippen LogP contribution in [0.25, 0.3) is 0 Å². The Bertz CT molecular complexity index is 498. The molecule has 2 aliphatic rings. The third-order valence-electron chi connectivity index (χ3n) is 4.84. The van der Waals surface area contributed by atoms with Crippen LogP contribution in [0.5, 0.6) is 0 Å². The number of nitrogens with zero attached hydrogens (tertiary/aromatic N) is 3. The monoisotopic (exact) mass is 291 g/mol. The van der Waals surface area contributed by atoms with Crippen LogP contribution >= 0.6 is 0 Å². The summed E-state index contributed by atoms with van der Waals surface area (Å²) in [6, 6.07) is 2.26. The molecule has 0 aliphatic carbocycles. The molecule has 5 heteroatoms. The fourth-order valence-corrected chi connectivity index (χ4v) is 3.67. The molecular formula is C16H25N3O2. The second kappa shape index (κ2) is 5.54. The van der Waals surface area contributed by atoms with Gasteiger partial charge in [0.1, 0.15) is 0 Å². The minimum absolute atomic E-state index is 0.123. The topological polar surface area (TPSA) is 58.5 Å². The molecule has 21 heavy (non-hydrogen) atoms. The summed E-state index contributed by atoms with van der Waals surface area (Å²) in [6.07, 6.45) is 2.89. The van der Waals surface area contributed by atoms with E-state index in [1.54, 1.807) is 0 Å². The minimum atomic E-state index is -0.662. The molecule has 0 radical (unpaired) electrons. The van der Waals surface area contributed by atoms with E-state index in [9.17, 15) is 5.11 Å². The van der Waals surface area contributed by atoms with Gasteiger partial charge in [0, 0.05) is 36.5 Å². The zero-order chi connectivity index (χ0) is 15.0. The first-order chi connectivity index (χ1) is 9.97. The first-order valence-corrected chi connectivity index (χ1v) is 7.86. The first kappa shape index (κ1) is 14.7. The van der Waals surface area contributed by atoms with Gasteiger partial charge in [-0.3, -0.25) is 0 Å². The quantitative estimate of drug-likeness (QED) is 0.901. The molecule has 0 amide bonds. The molecule has 0 aromatic carbocycles. The Morgan fingerprint density at radius 1 is 1.33 bits per heavy atom. The average Bonchev–Trinajstić information content (AvgIpc) is 2.86. The van der Waals surface area contributed by atoms with E-state index >= 15 is 0 Å². The van der Waals surface area contributed by atoms with Crippen molar-refractivity contribution in [1.29, 1.82) is 0 Å². The van der Waals surface area contributed by atoms with Crippen LogP contribution in [0, 0.1) is 19.8 Å². The number of aliphatic hydroxyl groups is 1. The van der Waals surface area contributed by atoms with Crippen LogP contribution in [-0.2, 0) is 4.74 Å². The zero-order valence-corrected chi connectivity index (χ0v) is 13.2. The van der Waals surface area contributed by atoms with Crippen molar-refractivity contribution in [2.24, 2.45) is 5.92 Å². The predicted molar refractivity (Wildman–Crippen MR) is 81.4 cm³/mol. The lowest BCUT2D eigenvalue weighted by molar-refractivity contribution is -0.108. The highest BCUT2D eigenvalue weighted by atomic mass is 16.5. The molecule has 2 fully saturated rings. The van der Waals surface area contributed by atoms with Gasteiger partial charge in [0.05, 0.1) is 12.2 Å². The predicted octanol–water partition coefficient (Wildman–Crippen LogP) is 1.85. The first-order valence-electron chi connectivity index (χ1n) is 7.86. The van der Waals surface area contributed by atoms with Gasteiger partial charge in [0.2, 0.25) is 5.95 Å². The van der Waals surface area contributed by atoms with Crippen molar-refractivity contribution < 1.29 is 9.84 Å². The average molecular weight is 291 g/mol. The maximum absolute atomic E-state index is 10.7. The van der Waals surface area contributed by atoms with Crippen LogP contribution in [0.3, 0.4) is 0 Å². The lowest BCUT2D eigenvalue weighted by Gasteiger charge is -2.43. The Hall–Kier alpha value is -1.20. The van der Waals surface area contributed by atoms with Crippen molar-refractivity contribution >= 4 is 5.95 Å². The number of aryl methyl sites for hydroxylation is 2. The normalized spacial score (nSPS) is 33.4. The van der Waals surface area contributed by atoms with E-state index in [1.165, 1.54) is 0 Å². The summed E-state index contributed by atoms with van der Waals surface area (Å²) in [5, 5.41) is 10.7. The lowest BCUT2D eigenvalue weighted by Crippen LogP contribution is -2.53. The molecule has 3 atom stereocenters. The number of hydrogen-bond donors (Lipinski definition) is 1. The second-order valence-corrected chi connectivity index (χ2v) is 6.64. The third-order valence-corrected chi connectivity index (χ3v) is 4.84. The molecule has 1 aromatic rings. The molecule has 116 valence electrons. The Kier molecular flexibility index (Phi) is 3.88. The van der Waals surface area contributed by atoms with E-state index in [1.807, 2.05) is 26.8 Å². The maximum atomic E-state index is 10.7. The number of aromatic nitrogens is 2. The highest BCUT2D eigenvalue weighted by Crippen LogP contribution is 2.37. The van der Waals surface area contributed by atoms with Gasteiger partial charge >= 0.3 is 0 Å². The molecule has 0 bridgehead atoms. The van der Waals surface area contributed by atoms with E-state index in [2.05, 4.69) is 14.9 Å². The molecular weight excluding hydrogens is 266 g/mol. The van der Waals surface area contributed by atoms with E-state index in [-0.39, 0.29) is 12.0 Å². The lowest BCUT2D eigenvalue weighted by atomic mass is 9.79. The Morgan fingerprint density at radius 2 is 2.05 bits per heavy atom. The fraction of sp³-hybridized carbons (Fsp3) is 0.750. The van der Waals surface area contributed by atoms with Crippen molar-refractivity contribution in [2.45, 2.75) is 51.7 Å². The Balaban J connectivity index is 1.88. The van der Waals surface area contributed by atoms with E-state index in [4.69, 9.17) is 4.74 Å². The van der Waals surface area contributed by atoms with Gasteiger partial charge in [0.15, 0.2) is 0 Å². The third kappa shape index (κ3) is 2.90. The molecule has 5 nitrogen and oxygen atoms in total. The van der Waals surface area contributed by atoms with Gasteiger partial charge in [-0.05, 0) is 46.1 Å². The van der Waals surface area contributed by atoms with E-state index in [0.717, 1.165) is 36.7 Å². The summed E-state index contributed by atoms with van der Waals surface area (Å²) in [6.45, 7) is 8.18. The van der Waals surface area contributed by atoms with Crippen LogP contribution in [0.4, 0.5) is 5.95 Å². The highest BCUT2D eigenvalue weighted by Gasteiger charge is 2.44. The molecule has 1 N–H and O–H groups in total. The van der Waals surface area contributed by atoms with Crippen LogP contribution in [0.1, 0.15) is 37.6 Å². The minimum Gasteiger partial charge on any atom is -0.390 e. The summed E-state index contributed by atoms with van der Waals surface area (Å²) in [4.78, 5) is 11.5. The van der Waals surface area contributed by atoms with Gasteiger partial charge in [-0.25, -0.2) is 9.97 Å². The van der Waals surface area contributed by atoms with E-state index < -0.39 is 5.60 Å². The van der Waals surface area contributed by atoms with Crippen molar-refractivity contribution in [2.75, 3.05) is 24.7 Å². The van der Waals surface area contributed by atoms with Gasteiger partial charge < -0.3 is 14.7 Å². The summed E-state index contributed by atoms with van der Waals surface area (Å²) >= 11 is 0. The number of anilines is 1. The summed E-state index contributed by atoms with van der Waals surface area (Å²) < 4.78 is 5.63. The van der Waals surface area contributed by atoms with Crippen molar-refractivity contribution in [3.63, 3.8) is 0 Å². The van der Waals surface area contributed by atoms with Crippen LogP contribution < -0.4 is 4.90 Å². The van der Waals surface area contributed by atoms with E-state index in [0.29, 0.717) is 19.6 Å². The molecule has 0 unspecified atom stereocenters. The standard InChI is InChI=1S/C16H25N3O2/c1-11-9-12(2)18-15(17-11)19-7-4-5-14(19)13-10-21-8-6-16(13,3)20/h9,13-14,20H,4-8,10H2,1-3H3/t13-,14-,16+/m1/s1. The van der Waals surface area contributed by atoms with Crippen molar-refractivity contribution in [3.8, 4) is 0 Å². The van der Waals surface area contributed by atoms with Gasteiger partial charge in [-0.1, -0.05) is 0 Å². The molecule has 2 saturated heterocycles. The number of ether oxygens (including phenoxy) is 1. The molecule has 3 rings (SSSR count). The Labute approximate surface area is 126 Å². The summed E-state index contributed by atoms with van der Waals surface area (Å²) in [5.74, 6) is 0.926. The number of rotatable bonds is 2. The summed E-state index contributed by atoms with van der Waals surface area (Å²) in [5.41, 5.74) is 1.33. The molecule has 2 aliphatic heterocycles. The Morgan fingerprint density at radius 3 is 2.71 bits per heavy atom. The SMILES string of the molecule is Cc1cc(C)nc(N2CCC[C@@H]2[C@H]2COCC[C@]2(C)O)n1. The van der Waals surface area contributed by atoms with Crippen LogP contribution in [-0.4, -0.2) is 46.5 Å². The zero-order valence-electron chi connectivity index (χ0n) is 13.2. The van der Waals surface area contributed by atoms with Gasteiger partial charge in [0.25, 0.3) is 0 Å². The largest absolute Gasteiger partial charge is 0.390 e. The van der Waals surface area contributed by atoms with Gasteiger partial charge in [-0.15, -0.1) is 0 Å². The highest BCUT2D eigenvalue weighted by molar-refractivity contribution is 5.36. The van der Waals surface area contributed by atoms with Crippen LogP contribution in [0.2, 0.25) is 0 Å². The fourth-order valence-electron chi connectivity index (χ4n) is 3.67. The molecule has 0 saturated carbocycles. The molecule has 3 heterocycles. The smallest absolute Gasteiger partial charge is 0.226 e. The van der Waals surface area contributed by atoms with Gasteiger partial charge in [-0.2, -0.15) is 0 Å². The van der Waals surface area contributed by atoms with Crippen LogP contribution in [0.15, 0.2) is 6.07 Å². The molecule has 0 spiro atoms.